The van der Waals surface area contributed by atoms with Crippen LogP contribution >= 0.6 is 15.9 Å². The molecule has 116 valence electrons. The number of nitrogens with zero attached hydrogens (tertiary/aromatic N) is 1. The molecule has 2 N–H and O–H groups in total. The third-order valence-electron chi connectivity index (χ3n) is 3.90. The van der Waals surface area contributed by atoms with Crippen molar-refractivity contribution in [3.05, 3.63) is 28.7 Å². The van der Waals surface area contributed by atoms with Gasteiger partial charge in [0, 0.05) is 16.7 Å². The van der Waals surface area contributed by atoms with E-state index in [1.165, 1.54) is 12.8 Å². The largest absolute Gasteiger partial charge is 0.325 e. The SMILES string of the molecule is CCN(CC(=O)Nc1cccc(Br)c1)CC1CCNCC1. The molecule has 1 aliphatic heterocycles. The van der Waals surface area contributed by atoms with E-state index in [0.29, 0.717) is 12.5 Å². The van der Waals surface area contributed by atoms with Crippen LogP contribution in [0.25, 0.3) is 0 Å². The molecule has 1 aromatic carbocycles. The Morgan fingerprint density at radius 3 is 2.86 bits per heavy atom. The number of amides is 1. The number of benzene rings is 1. The zero-order valence-corrected chi connectivity index (χ0v) is 14.2. The summed E-state index contributed by atoms with van der Waals surface area (Å²) in [7, 11) is 0. The lowest BCUT2D eigenvalue weighted by Gasteiger charge is -2.28. The van der Waals surface area contributed by atoms with Gasteiger partial charge in [0.15, 0.2) is 0 Å². The number of piperidine rings is 1. The van der Waals surface area contributed by atoms with Crippen LogP contribution in [0, 0.1) is 5.92 Å². The topological polar surface area (TPSA) is 44.4 Å². The summed E-state index contributed by atoms with van der Waals surface area (Å²) >= 11 is 3.41. The van der Waals surface area contributed by atoms with Crippen LogP contribution in [0.15, 0.2) is 28.7 Å². The van der Waals surface area contributed by atoms with Crippen LogP contribution < -0.4 is 10.6 Å². The van der Waals surface area contributed by atoms with Crippen molar-refractivity contribution < 1.29 is 4.79 Å². The van der Waals surface area contributed by atoms with Gasteiger partial charge >= 0.3 is 0 Å². The number of likely N-dealkylation sites (N-methyl/N-ethyl adjacent to an activating group) is 1. The molecular weight excluding hydrogens is 330 g/mol. The van der Waals surface area contributed by atoms with E-state index in [4.69, 9.17) is 0 Å². The van der Waals surface area contributed by atoms with Crippen LogP contribution in [0.4, 0.5) is 5.69 Å². The molecule has 0 unspecified atom stereocenters. The minimum atomic E-state index is 0.0592. The molecule has 5 heteroatoms. The number of anilines is 1. The van der Waals surface area contributed by atoms with Gasteiger partial charge in [-0.05, 0) is 56.6 Å². The molecular formula is C16H24BrN3O. The highest BCUT2D eigenvalue weighted by Crippen LogP contribution is 2.16. The van der Waals surface area contributed by atoms with E-state index < -0.39 is 0 Å². The van der Waals surface area contributed by atoms with Crippen molar-refractivity contribution >= 4 is 27.5 Å². The fraction of sp³-hybridized carbons (Fsp3) is 0.562. The summed E-state index contributed by atoms with van der Waals surface area (Å²) in [6, 6.07) is 7.70. The lowest BCUT2D eigenvalue weighted by atomic mass is 9.97. The zero-order valence-electron chi connectivity index (χ0n) is 12.6. The summed E-state index contributed by atoms with van der Waals surface area (Å²) in [5, 5.41) is 6.34. The second kappa shape index (κ2) is 8.51. The van der Waals surface area contributed by atoms with E-state index in [2.05, 4.69) is 38.4 Å². The Bertz CT molecular complexity index is 461. The average molecular weight is 354 g/mol. The lowest BCUT2D eigenvalue weighted by molar-refractivity contribution is -0.117. The molecule has 2 rings (SSSR count). The summed E-state index contributed by atoms with van der Waals surface area (Å²) in [4.78, 5) is 14.4. The molecule has 0 aliphatic carbocycles. The Balaban J connectivity index is 1.81. The van der Waals surface area contributed by atoms with Crippen molar-refractivity contribution in [2.24, 2.45) is 5.92 Å². The molecule has 0 radical (unpaired) electrons. The number of hydrogen-bond acceptors (Lipinski definition) is 3. The molecule has 4 nitrogen and oxygen atoms in total. The molecule has 0 atom stereocenters. The van der Waals surface area contributed by atoms with Gasteiger partial charge in [0.05, 0.1) is 6.54 Å². The van der Waals surface area contributed by atoms with Crippen LogP contribution in [-0.2, 0) is 4.79 Å². The van der Waals surface area contributed by atoms with E-state index in [1.54, 1.807) is 0 Å². The van der Waals surface area contributed by atoms with Crippen LogP contribution in [0.2, 0.25) is 0 Å². The van der Waals surface area contributed by atoms with Crippen LogP contribution in [-0.4, -0.2) is 43.5 Å². The smallest absolute Gasteiger partial charge is 0.238 e. The predicted molar refractivity (Wildman–Crippen MR) is 90.5 cm³/mol. The minimum absolute atomic E-state index is 0.0592. The summed E-state index contributed by atoms with van der Waals surface area (Å²) in [6.07, 6.45) is 2.42. The average Bonchev–Trinajstić information content (AvgIpc) is 2.47. The van der Waals surface area contributed by atoms with E-state index in [1.807, 2.05) is 24.3 Å². The van der Waals surface area contributed by atoms with Crippen molar-refractivity contribution in [2.45, 2.75) is 19.8 Å². The number of carbonyl (C=O) groups excluding carboxylic acids is 1. The minimum Gasteiger partial charge on any atom is -0.325 e. The predicted octanol–water partition coefficient (Wildman–Crippen LogP) is 2.71. The van der Waals surface area contributed by atoms with E-state index >= 15 is 0 Å². The van der Waals surface area contributed by atoms with Crippen molar-refractivity contribution in [1.82, 2.24) is 10.2 Å². The lowest BCUT2D eigenvalue weighted by Crippen LogP contribution is -2.39. The first-order valence-electron chi connectivity index (χ1n) is 7.66. The van der Waals surface area contributed by atoms with Gasteiger partial charge < -0.3 is 10.6 Å². The van der Waals surface area contributed by atoms with E-state index in [0.717, 1.165) is 36.3 Å². The maximum absolute atomic E-state index is 12.2. The molecule has 0 aromatic heterocycles. The summed E-state index contributed by atoms with van der Waals surface area (Å²) in [5.74, 6) is 0.772. The van der Waals surface area contributed by atoms with Crippen molar-refractivity contribution in [1.29, 1.82) is 0 Å². The third kappa shape index (κ3) is 5.77. The molecule has 1 fully saturated rings. The van der Waals surface area contributed by atoms with Gasteiger partial charge in [-0.15, -0.1) is 0 Å². The maximum Gasteiger partial charge on any atom is 0.238 e. The van der Waals surface area contributed by atoms with Gasteiger partial charge in [0.25, 0.3) is 0 Å². The molecule has 0 saturated carbocycles. The molecule has 0 bridgehead atoms. The highest BCUT2D eigenvalue weighted by molar-refractivity contribution is 9.10. The van der Waals surface area contributed by atoms with Gasteiger partial charge in [-0.1, -0.05) is 28.9 Å². The highest BCUT2D eigenvalue weighted by Gasteiger charge is 2.17. The molecule has 1 amide bonds. The fourth-order valence-electron chi connectivity index (χ4n) is 2.70. The Labute approximate surface area is 135 Å². The Hall–Kier alpha value is -0.910. The van der Waals surface area contributed by atoms with Crippen LogP contribution in [0.1, 0.15) is 19.8 Å². The summed E-state index contributed by atoms with van der Waals surface area (Å²) in [6.45, 7) is 6.72. The summed E-state index contributed by atoms with van der Waals surface area (Å²) in [5.41, 5.74) is 0.840. The maximum atomic E-state index is 12.2. The quantitative estimate of drug-likeness (QED) is 0.826. The molecule has 1 heterocycles. The second-order valence-corrected chi connectivity index (χ2v) is 6.50. The van der Waals surface area contributed by atoms with Crippen LogP contribution in [0.5, 0.6) is 0 Å². The van der Waals surface area contributed by atoms with Gasteiger partial charge in [0.2, 0.25) is 5.91 Å². The highest BCUT2D eigenvalue weighted by atomic mass is 79.9. The third-order valence-corrected chi connectivity index (χ3v) is 4.39. The van der Waals surface area contributed by atoms with Gasteiger partial charge in [-0.3, -0.25) is 9.69 Å². The summed E-state index contributed by atoms with van der Waals surface area (Å²) < 4.78 is 0.974. The number of halogens is 1. The van der Waals surface area contributed by atoms with E-state index in [-0.39, 0.29) is 5.91 Å². The monoisotopic (exact) mass is 353 g/mol. The number of carbonyl (C=O) groups is 1. The molecule has 21 heavy (non-hydrogen) atoms. The van der Waals surface area contributed by atoms with Crippen LogP contribution in [0.3, 0.4) is 0 Å². The zero-order chi connectivity index (χ0) is 15.1. The van der Waals surface area contributed by atoms with Gasteiger partial charge in [-0.25, -0.2) is 0 Å². The first kappa shape index (κ1) is 16.5. The van der Waals surface area contributed by atoms with Crippen molar-refractivity contribution in [3.63, 3.8) is 0 Å². The molecule has 1 saturated heterocycles. The second-order valence-electron chi connectivity index (χ2n) is 5.58. The van der Waals surface area contributed by atoms with Gasteiger partial charge in [-0.2, -0.15) is 0 Å². The number of nitrogens with one attached hydrogen (secondary N) is 2. The molecule has 1 aromatic rings. The molecule has 1 aliphatic rings. The Kier molecular flexibility index (Phi) is 6.67. The Morgan fingerprint density at radius 2 is 2.19 bits per heavy atom. The van der Waals surface area contributed by atoms with Crippen molar-refractivity contribution in [2.75, 3.05) is 38.0 Å². The fourth-order valence-corrected chi connectivity index (χ4v) is 3.10. The first-order chi connectivity index (χ1) is 10.2. The molecule has 0 spiro atoms. The first-order valence-corrected chi connectivity index (χ1v) is 8.45. The standard InChI is InChI=1S/C16H24BrN3O/c1-2-20(11-13-6-8-18-9-7-13)12-16(21)19-15-5-3-4-14(17)10-15/h3-5,10,13,18H,2,6-9,11-12H2,1H3,(H,19,21). The van der Waals surface area contributed by atoms with Gasteiger partial charge in [0.1, 0.15) is 0 Å². The normalized spacial score (nSPS) is 16.1. The number of rotatable bonds is 6. The number of hydrogen-bond donors (Lipinski definition) is 2. The van der Waals surface area contributed by atoms with Crippen molar-refractivity contribution in [3.8, 4) is 0 Å². The Morgan fingerprint density at radius 1 is 1.43 bits per heavy atom. The van der Waals surface area contributed by atoms with E-state index in [9.17, 15) is 4.79 Å².